The van der Waals surface area contributed by atoms with Crippen LogP contribution in [-0.4, -0.2) is 37.7 Å². The Morgan fingerprint density at radius 3 is 2.46 bits per heavy atom. The van der Waals surface area contributed by atoms with Gasteiger partial charge in [0.1, 0.15) is 11.6 Å². The quantitative estimate of drug-likeness (QED) is 0.880. The van der Waals surface area contributed by atoms with E-state index >= 15 is 0 Å². The van der Waals surface area contributed by atoms with Gasteiger partial charge >= 0.3 is 0 Å². The van der Waals surface area contributed by atoms with E-state index in [0.717, 1.165) is 24.2 Å². The van der Waals surface area contributed by atoms with Gasteiger partial charge in [-0.25, -0.2) is 8.78 Å². The zero-order valence-corrected chi connectivity index (χ0v) is 13.6. The maximum atomic E-state index is 13.6. The number of halogens is 2. The summed E-state index contributed by atoms with van der Waals surface area (Å²) in [6, 6.07) is 13.3. The Labute approximate surface area is 141 Å². The summed E-state index contributed by atoms with van der Waals surface area (Å²) in [6.45, 7) is 4.41. The summed E-state index contributed by atoms with van der Waals surface area (Å²) in [5, 5.41) is 3.41. The summed E-state index contributed by atoms with van der Waals surface area (Å²) in [4.78, 5) is 2.32. The molecule has 1 unspecified atom stereocenters. The Kier molecular flexibility index (Phi) is 5.91. The van der Waals surface area contributed by atoms with E-state index in [2.05, 4.69) is 10.2 Å². The fourth-order valence-corrected chi connectivity index (χ4v) is 3.02. The van der Waals surface area contributed by atoms with Crippen molar-refractivity contribution < 1.29 is 13.5 Å². The van der Waals surface area contributed by atoms with E-state index in [9.17, 15) is 8.78 Å². The van der Waals surface area contributed by atoms with E-state index in [4.69, 9.17) is 4.74 Å². The molecular weight excluding hydrogens is 310 g/mol. The highest BCUT2D eigenvalue weighted by molar-refractivity contribution is 5.21. The summed E-state index contributed by atoms with van der Waals surface area (Å²) in [6.07, 6.45) is 0. The van der Waals surface area contributed by atoms with Crippen molar-refractivity contribution >= 4 is 0 Å². The first kappa shape index (κ1) is 17.0. The zero-order valence-electron chi connectivity index (χ0n) is 13.6. The van der Waals surface area contributed by atoms with Crippen LogP contribution in [0.4, 0.5) is 8.78 Å². The predicted molar refractivity (Wildman–Crippen MR) is 89.6 cm³/mol. The second kappa shape index (κ2) is 8.33. The number of nitrogens with zero attached hydrogens (tertiary/aromatic N) is 1. The number of morpholine rings is 1. The Morgan fingerprint density at radius 1 is 1.00 bits per heavy atom. The molecule has 2 aromatic rings. The Bertz CT molecular complexity index is 642. The van der Waals surface area contributed by atoms with Gasteiger partial charge in [-0.3, -0.25) is 4.90 Å². The highest BCUT2D eigenvalue weighted by Crippen LogP contribution is 2.22. The van der Waals surface area contributed by atoms with Gasteiger partial charge in [0.15, 0.2) is 0 Å². The molecule has 1 saturated heterocycles. The molecule has 0 bridgehead atoms. The van der Waals surface area contributed by atoms with E-state index in [1.54, 1.807) is 24.3 Å². The predicted octanol–water partition coefficient (Wildman–Crippen LogP) is 3.13. The smallest absolute Gasteiger partial charge is 0.123 e. The van der Waals surface area contributed by atoms with Crippen molar-refractivity contribution in [2.24, 2.45) is 0 Å². The first-order valence-corrected chi connectivity index (χ1v) is 8.25. The van der Waals surface area contributed by atoms with Crippen LogP contribution in [0.2, 0.25) is 0 Å². The summed E-state index contributed by atoms with van der Waals surface area (Å²) < 4.78 is 32.0. The van der Waals surface area contributed by atoms with Crippen LogP contribution in [0.15, 0.2) is 48.5 Å². The molecule has 1 heterocycles. The summed E-state index contributed by atoms with van der Waals surface area (Å²) in [7, 11) is 0. The molecule has 3 nitrogen and oxygen atoms in total. The molecule has 5 heteroatoms. The van der Waals surface area contributed by atoms with Gasteiger partial charge in [0, 0.05) is 32.2 Å². The third-order valence-corrected chi connectivity index (χ3v) is 4.30. The number of nitrogens with one attached hydrogen (secondary N) is 1. The maximum absolute atomic E-state index is 13.6. The Morgan fingerprint density at radius 2 is 1.75 bits per heavy atom. The SMILES string of the molecule is Fc1ccc(CNCC(c2cccc(F)c2)N2CCOCC2)cc1. The fourth-order valence-electron chi connectivity index (χ4n) is 3.02. The minimum absolute atomic E-state index is 0.0880. The van der Waals surface area contributed by atoms with Crippen molar-refractivity contribution in [3.8, 4) is 0 Å². The number of rotatable bonds is 6. The van der Waals surface area contributed by atoms with Gasteiger partial charge < -0.3 is 10.1 Å². The lowest BCUT2D eigenvalue weighted by Gasteiger charge is -2.35. The van der Waals surface area contributed by atoms with E-state index < -0.39 is 0 Å². The van der Waals surface area contributed by atoms with E-state index in [0.29, 0.717) is 26.3 Å². The number of benzene rings is 2. The van der Waals surface area contributed by atoms with Crippen LogP contribution in [-0.2, 0) is 11.3 Å². The first-order chi connectivity index (χ1) is 11.7. The maximum Gasteiger partial charge on any atom is 0.123 e. The van der Waals surface area contributed by atoms with Gasteiger partial charge in [0.05, 0.1) is 13.2 Å². The van der Waals surface area contributed by atoms with Gasteiger partial charge in [-0.05, 0) is 35.4 Å². The fraction of sp³-hybridized carbons (Fsp3) is 0.368. The molecule has 1 aliphatic rings. The summed E-state index contributed by atoms with van der Waals surface area (Å²) in [5.41, 5.74) is 1.99. The minimum Gasteiger partial charge on any atom is -0.379 e. The van der Waals surface area contributed by atoms with Crippen LogP contribution in [0.25, 0.3) is 0 Å². The van der Waals surface area contributed by atoms with E-state index in [-0.39, 0.29) is 17.7 Å². The highest BCUT2D eigenvalue weighted by atomic mass is 19.1. The van der Waals surface area contributed by atoms with Crippen LogP contribution in [0, 0.1) is 11.6 Å². The topological polar surface area (TPSA) is 24.5 Å². The molecule has 0 saturated carbocycles. The lowest BCUT2D eigenvalue weighted by molar-refractivity contribution is 0.0160. The molecule has 1 N–H and O–H groups in total. The molecule has 0 radical (unpaired) electrons. The lowest BCUT2D eigenvalue weighted by Crippen LogP contribution is -2.42. The van der Waals surface area contributed by atoms with Crippen molar-refractivity contribution in [1.82, 2.24) is 10.2 Å². The molecule has 0 spiro atoms. The third kappa shape index (κ3) is 4.60. The van der Waals surface area contributed by atoms with Crippen molar-refractivity contribution in [3.63, 3.8) is 0 Å². The number of ether oxygens (including phenoxy) is 1. The minimum atomic E-state index is -0.232. The molecule has 0 aromatic heterocycles. The molecule has 3 rings (SSSR count). The summed E-state index contributed by atoms with van der Waals surface area (Å²) in [5.74, 6) is -0.450. The first-order valence-electron chi connectivity index (χ1n) is 8.25. The van der Waals surface area contributed by atoms with Gasteiger partial charge in [-0.2, -0.15) is 0 Å². The van der Waals surface area contributed by atoms with Crippen LogP contribution >= 0.6 is 0 Å². The Balaban J connectivity index is 1.66. The summed E-state index contributed by atoms with van der Waals surface area (Å²) >= 11 is 0. The normalized spacial score (nSPS) is 16.9. The largest absolute Gasteiger partial charge is 0.379 e. The molecule has 0 aliphatic carbocycles. The van der Waals surface area contributed by atoms with Crippen molar-refractivity contribution in [2.45, 2.75) is 12.6 Å². The molecule has 0 amide bonds. The molecular formula is C19H22F2N2O. The van der Waals surface area contributed by atoms with Crippen molar-refractivity contribution in [1.29, 1.82) is 0 Å². The molecule has 1 atom stereocenters. The van der Waals surface area contributed by atoms with Crippen molar-refractivity contribution in [2.75, 3.05) is 32.8 Å². The second-order valence-corrected chi connectivity index (χ2v) is 5.98. The van der Waals surface area contributed by atoms with Gasteiger partial charge in [0.2, 0.25) is 0 Å². The molecule has 2 aromatic carbocycles. The van der Waals surface area contributed by atoms with Gasteiger partial charge in [-0.15, -0.1) is 0 Å². The highest BCUT2D eigenvalue weighted by Gasteiger charge is 2.22. The molecule has 1 aliphatic heterocycles. The van der Waals surface area contributed by atoms with Crippen LogP contribution < -0.4 is 5.32 Å². The second-order valence-electron chi connectivity index (χ2n) is 5.98. The number of hydrogen-bond donors (Lipinski definition) is 1. The van der Waals surface area contributed by atoms with Crippen LogP contribution in [0.3, 0.4) is 0 Å². The van der Waals surface area contributed by atoms with E-state index in [1.807, 2.05) is 6.07 Å². The number of hydrogen-bond acceptors (Lipinski definition) is 3. The average molecular weight is 332 g/mol. The van der Waals surface area contributed by atoms with Gasteiger partial charge in [0.25, 0.3) is 0 Å². The lowest BCUT2D eigenvalue weighted by atomic mass is 10.0. The average Bonchev–Trinajstić information content (AvgIpc) is 2.61. The van der Waals surface area contributed by atoms with E-state index in [1.165, 1.54) is 18.2 Å². The van der Waals surface area contributed by atoms with Gasteiger partial charge in [-0.1, -0.05) is 24.3 Å². The Hall–Kier alpha value is -1.82. The zero-order chi connectivity index (χ0) is 16.8. The van der Waals surface area contributed by atoms with Crippen LogP contribution in [0.1, 0.15) is 17.2 Å². The molecule has 128 valence electrons. The third-order valence-electron chi connectivity index (χ3n) is 4.30. The monoisotopic (exact) mass is 332 g/mol. The van der Waals surface area contributed by atoms with Crippen molar-refractivity contribution in [3.05, 3.63) is 71.3 Å². The molecule has 24 heavy (non-hydrogen) atoms. The molecule has 1 fully saturated rings. The van der Waals surface area contributed by atoms with Crippen LogP contribution in [0.5, 0.6) is 0 Å². The standard InChI is InChI=1S/C19H22F2N2O/c20-17-6-4-15(5-7-17)13-22-14-19(23-8-10-24-11-9-23)16-2-1-3-18(21)12-16/h1-7,12,19,22H,8-11,13-14H2.